The van der Waals surface area contributed by atoms with Gasteiger partial charge in [0.05, 0.1) is 33.8 Å². The standard InChI is InChI=1S/C25H16ClN3O5/c26-21-11-18(8-6-17(21)12-27)28-22(30)14-34-25(33)16-7-9-19-20(10-16)24(32)29(23(19)31)13-15-4-2-1-3-5-15/h1-11H,13-14H2,(H,28,30). The van der Waals surface area contributed by atoms with Crippen molar-refractivity contribution in [1.82, 2.24) is 4.90 Å². The molecule has 4 rings (SSSR count). The Kier molecular flexibility index (Phi) is 6.39. The fourth-order valence-electron chi connectivity index (χ4n) is 3.42. The first kappa shape index (κ1) is 22.7. The van der Waals surface area contributed by atoms with Crippen LogP contribution in [0, 0.1) is 11.3 Å². The van der Waals surface area contributed by atoms with Gasteiger partial charge < -0.3 is 10.1 Å². The second kappa shape index (κ2) is 9.57. The van der Waals surface area contributed by atoms with Crippen molar-refractivity contribution in [2.75, 3.05) is 11.9 Å². The zero-order chi connectivity index (χ0) is 24.2. The third-order valence-electron chi connectivity index (χ3n) is 5.10. The van der Waals surface area contributed by atoms with Gasteiger partial charge in [-0.3, -0.25) is 19.3 Å². The number of benzene rings is 3. The molecule has 0 fully saturated rings. The van der Waals surface area contributed by atoms with Crippen LogP contribution in [-0.2, 0) is 16.1 Å². The van der Waals surface area contributed by atoms with E-state index >= 15 is 0 Å². The minimum absolute atomic E-state index is 0.0377. The number of halogens is 1. The molecule has 0 aromatic heterocycles. The number of rotatable bonds is 6. The summed E-state index contributed by atoms with van der Waals surface area (Å²) in [6.45, 7) is -0.465. The third kappa shape index (κ3) is 4.65. The molecule has 168 valence electrons. The largest absolute Gasteiger partial charge is 0.452 e. The van der Waals surface area contributed by atoms with Crippen molar-refractivity contribution >= 4 is 41.0 Å². The molecule has 3 aromatic rings. The lowest BCUT2D eigenvalue weighted by atomic mass is 10.1. The van der Waals surface area contributed by atoms with E-state index in [0.29, 0.717) is 5.69 Å². The van der Waals surface area contributed by atoms with Crippen molar-refractivity contribution in [1.29, 1.82) is 5.26 Å². The first-order valence-electron chi connectivity index (χ1n) is 10.1. The number of nitrogens with one attached hydrogen (secondary N) is 1. The van der Waals surface area contributed by atoms with Crippen LogP contribution in [0.5, 0.6) is 0 Å². The van der Waals surface area contributed by atoms with Crippen LogP contribution >= 0.6 is 11.6 Å². The molecule has 1 aliphatic heterocycles. The maximum Gasteiger partial charge on any atom is 0.338 e. The highest BCUT2D eigenvalue weighted by Gasteiger charge is 2.36. The molecule has 0 radical (unpaired) electrons. The Morgan fingerprint density at radius 2 is 1.71 bits per heavy atom. The van der Waals surface area contributed by atoms with Gasteiger partial charge in [-0.1, -0.05) is 41.9 Å². The van der Waals surface area contributed by atoms with Crippen LogP contribution in [0.1, 0.15) is 42.2 Å². The van der Waals surface area contributed by atoms with E-state index in [1.807, 2.05) is 36.4 Å². The van der Waals surface area contributed by atoms with Crippen LogP contribution in [0.3, 0.4) is 0 Å². The highest BCUT2D eigenvalue weighted by molar-refractivity contribution is 6.32. The number of amides is 3. The van der Waals surface area contributed by atoms with Gasteiger partial charge in [-0.15, -0.1) is 0 Å². The van der Waals surface area contributed by atoms with Crippen molar-refractivity contribution < 1.29 is 23.9 Å². The maximum atomic E-state index is 12.8. The molecule has 8 nitrogen and oxygen atoms in total. The number of hydrogen-bond acceptors (Lipinski definition) is 6. The topological polar surface area (TPSA) is 117 Å². The van der Waals surface area contributed by atoms with Crippen LogP contribution in [0.2, 0.25) is 5.02 Å². The first-order chi connectivity index (χ1) is 16.4. The Hall–Kier alpha value is -4.48. The summed E-state index contributed by atoms with van der Waals surface area (Å²) in [5.74, 6) is -2.38. The average molecular weight is 474 g/mol. The van der Waals surface area contributed by atoms with Crippen molar-refractivity contribution in [2.24, 2.45) is 0 Å². The Labute approximate surface area is 199 Å². The lowest BCUT2D eigenvalue weighted by Crippen LogP contribution is -2.29. The van der Waals surface area contributed by atoms with E-state index in [4.69, 9.17) is 21.6 Å². The summed E-state index contributed by atoms with van der Waals surface area (Å²) in [6.07, 6.45) is 0. The van der Waals surface area contributed by atoms with Crippen LogP contribution in [-0.4, -0.2) is 35.2 Å². The van der Waals surface area contributed by atoms with Gasteiger partial charge >= 0.3 is 5.97 Å². The van der Waals surface area contributed by atoms with Crippen molar-refractivity contribution in [2.45, 2.75) is 6.54 Å². The quantitative estimate of drug-likeness (QED) is 0.430. The van der Waals surface area contributed by atoms with Crippen LogP contribution in [0.4, 0.5) is 5.69 Å². The highest BCUT2D eigenvalue weighted by atomic mass is 35.5. The molecule has 0 spiro atoms. The number of hydrogen-bond donors (Lipinski definition) is 1. The second-order valence-corrected chi connectivity index (χ2v) is 7.78. The number of imide groups is 1. The number of nitrogens with zero attached hydrogens (tertiary/aromatic N) is 2. The minimum atomic E-state index is -0.822. The fraction of sp³-hybridized carbons (Fsp3) is 0.0800. The summed E-state index contributed by atoms with van der Waals surface area (Å²) in [4.78, 5) is 51.1. The van der Waals surface area contributed by atoms with Gasteiger partial charge in [0, 0.05) is 5.69 Å². The summed E-state index contributed by atoms with van der Waals surface area (Å²) >= 11 is 5.93. The summed E-state index contributed by atoms with van der Waals surface area (Å²) in [5, 5.41) is 11.6. The number of nitriles is 1. The van der Waals surface area contributed by atoms with E-state index in [9.17, 15) is 19.2 Å². The second-order valence-electron chi connectivity index (χ2n) is 7.37. The van der Waals surface area contributed by atoms with E-state index in [-0.39, 0.29) is 33.8 Å². The molecule has 9 heteroatoms. The Morgan fingerprint density at radius 3 is 2.41 bits per heavy atom. The van der Waals surface area contributed by atoms with E-state index in [0.717, 1.165) is 10.5 Å². The molecule has 0 saturated heterocycles. The van der Waals surface area contributed by atoms with Gasteiger partial charge in [-0.2, -0.15) is 5.26 Å². The van der Waals surface area contributed by atoms with Crippen molar-refractivity contribution in [3.05, 3.63) is 99.6 Å². The lowest BCUT2D eigenvalue weighted by Gasteiger charge is -2.13. The molecule has 0 unspecified atom stereocenters. The molecule has 0 aliphatic carbocycles. The number of carbonyl (C=O) groups excluding carboxylic acids is 4. The van der Waals surface area contributed by atoms with E-state index in [2.05, 4.69) is 5.32 Å². The number of esters is 1. The summed E-state index contributed by atoms with van der Waals surface area (Å²) in [5.41, 5.74) is 1.74. The Morgan fingerprint density at radius 1 is 0.971 bits per heavy atom. The van der Waals surface area contributed by atoms with Gasteiger partial charge in [-0.25, -0.2) is 4.79 Å². The monoisotopic (exact) mass is 473 g/mol. The van der Waals surface area contributed by atoms with E-state index in [1.165, 1.54) is 36.4 Å². The van der Waals surface area contributed by atoms with Gasteiger partial charge in [0.2, 0.25) is 0 Å². The predicted octanol–water partition coefficient (Wildman–Crippen LogP) is 3.80. The van der Waals surface area contributed by atoms with Crippen LogP contribution < -0.4 is 5.32 Å². The number of ether oxygens (including phenoxy) is 1. The molecule has 3 aromatic carbocycles. The van der Waals surface area contributed by atoms with E-state index in [1.54, 1.807) is 0 Å². The van der Waals surface area contributed by atoms with Crippen LogP contribution in [0.15, 0.2) is 66.7 Å². The molecule has 1 heterocycles. The molecular formula is C25H16ClN3O5. The molecule has 1 N–H and O–H groups in total. The third-order valence-corrected chi connectivity index (χ3v) is 5.41. The van der Waals surface area contributed by atoms with Crippen molar-refractivity contribution in [3.8, 4) is 6.07 Å². The van der Waals surface area contributed by atoms with Crippen LogP contribution in [0.25, 0.3) is 0 Å². The lowest BCUT2D eigenvalue weighted by molar-refractivity contribution is -0.119. The minimum Gasteiger partial charge on any atom is -0.452 e. The maximum absolute atomic E-state index is 12.8. The van der Waals surface area contributed by atoms with Gasteiger partial charge in [0.25, 0.3) is 17.7 Å². The molecule has 0 saturated carbocycles. The molecule has 3 amide bonds. The van der Waals surface area contributed by atoms with Gasteiger partial charge in [-0.05, 0) is 42.0 Å². The summed E-state index contributed by atoms with van der Waals surface area (Å²) in [7, 11) is 0. The summed E-state index contributed by atoms with van der Waals surface area (Å²) < 4.78 is 5.04. The average Bonchev–Trinajstić information content (AvgIpc) is 3.07. The molecular weight excluding hydrogens is 458 g/mol. The SMILES string of the molecule is N#Cc1ccc(NC(=O)COC(=O)c2ccc3c(c2)C(=O)N(Cc2ccccc2)C3=O)cc1Cl. The number of fused-ring (bicyclic) bond motifs is 1. The fourth-order valence-corrected chi connectivity index (χ4v) is 3.65. The predicted molar refractivity (Wildman–Crippen MR) is 122 cm³/mol. The smallest absolute Gasteiger partial charge is 0.338 e. The summed E-state index contributed by atoms with van der Waals surface area (Å²) in [6, 6.07) is 19.4. The van der Waals surface area contributed by atoms with Crippen molar-refractivity contribution in [3.63, 3.8) is 0 Å². The Bertz CT molecular complexity index is 1360. The Balaban J connectivity index is 1.39. The number of carbonyl (C=O) groups is 4. The molecule has 0 bridgehead atoms. The molecule has 34 heavy (non-hydrogen) atoms. The van der Waals surface area contributed by atoms with E-state index < -0.39 is 30.3 Å². The normalized spacial score (nSPS) is 12.2. The molecule has 1 aliphatic rings. The first-order valence-corrected chi connectivity index (χ1v) is 10.5. The van der Waals surface area contributed by atoms with Gasteiger partial charge in [0.1, 0.15) is 6.07 Å². The van der Waals surface area contributed by atoms with Gasteiger partial charge in [0.15, 0.2) is 6.61 Å². The highest BCUT2D eigenvalue weighted by Crippen LogP contribution is 2.26. The zero-order valence-electron chi connectivity index (χ0n) is 17.6. The number of anilines is 1. The molecule has 0 atom stereocenters. The zero-order valence-corrected chi connectivity index (χ0v) is 18.3.